The Kier molecular flexibility index (Phi) is 3.96. The van der Waals surface area contributed by atoms with E-state index in [2.05, 4.69) is 50.2 Å². The molecular formula is C12H20N2. The highest BCUT2D eigenvalue weighted by Crippen LogP contribution is 2.14. The lowest BCUT2D eigenvalue weighted by atomic mass is 10.0. The fourth-order valence-electron chi connectivity index (χ4n) is 1.42. The number of benzene rings is 1. The van der Waals surface area contributed by atoms with Crippen LogP contribution in [-0.2, 0) is 6.42 Å². The summed E-state index contributed by atoms with van der Waals surface area (Å²) in [5.41, 5.74) is 8.20. The van der Waals surface area contributed by atoms with Crippen LogP contribution in [0.3, 0.4) is 0 Å². The van der Waals surface area contributed by atoms with Gasteiger partial charge in [-0.25, -0.2) is 0 Å². The van der Waals surface area contributed by atoms with Crippen molar-refractivity contribution in [2.75, 3.05) is 25.5 Å². The topological polar surface area (TPSA) is 29.3 Å². The van der Waals surface area contributed by atoms with E-state index in [0.717, 1.165) is 13.0 Å². The van der Waals surface area contributed by atoms with Crippen LogP contribution in [0.5, 0.6) is 0 Å². The molecule has 0 saturated heterocycles. The molecule has 0 aliphatic heterocycles. The second-order valence-corrected chi connectivity index (χ2v) is 4.11. The van der Waals surface area contributed by atoms with Crippen molar-refractivity contribution in [1.82, 2.24) is 0 Å². The van der Waals surface area contributed by atoms with E-state index < -0.39 is 0 Å². The Bertz CT molecular complexity index is 264. The SMILES string of the molecule is C[C@H](CN)Cc1ccc(N(C)C)cc1. The summed E-state index contributed by atoms with van der Waals surface area (Å²) < 4.78 is 0. The number of hydrogen-bond donors (Lipinski definition) is 1. The minimum atomic E-state index is 0.570. The Hall–Kier alpha value is -1.02. The van der Waals surface area contributed by atoms with Gasteiger partial charge in [0, 0.05) is 19.8 Å². The summed E-state index contributed by atoms with van der Waals surface area (Å²) in [5.74, 6) is 0.570. The molecule has 0 aromatic heterocycles. The third-order valence-corrected chi connectivity index (χ3v) is 2.44. The van der Waals surface area contributed by atoms with E-state index in [9.17, 15) is 0 Å². The lowest BCUT2D eigenvalue weighted by Crippen LogP contribution is -2.13. The molecule has 1 rings (SSSR count). The fourth-order valence-corrected chi connectivity index (χ4v) is 1.42. The van der Waals surface area contributed by atoms with E-state index in [1.807, 2.05) is 0 Å². The van der Waals surface area contributed by atoms with Gasteiger partial charge in [0.2, 0.25) is 0 Å². The average Bonchev–Trinajstić information content (AvgIpc) is 2.18. The van der Waals surface area contributed by atoms with Crippen molar-refractivity contribution in [1.29, 1.82) is 0 Å². The Morgan fingerprint density at radius 1 is 1.21 bits per heavy atom. The second kappa shape index (κ2) is 5.01. The molecule has 0 amide bonds. The van der Waals surface area contributed by atoms with Crippen LogP contribution in [0.1, 0.15) is 12.5 Å². The standard InChI is InChI=1S/C12H20N2/c1-10(9-13)8-11-4-6-12(7-5-11)14(2)3/h4-7,10H,8-9,13H2,1-3H3/t10-/m0/s1. The molecule has 0 bridgehead atoms. The zero-order valence-corrected chi connectivity index (χ0v) is 9.33. The smallest absolute Gasteiger partial charge is 0.0361 e. The zero-order valence-electron chi connectivity index (χ0n) is 9.33. The molecule has 0 saturated carbocycles. The predicted molar refractivity (Wildman–Crippen MR) is 62.7 cm³/mol. The molecule has 0 spiro atoms. The number of nitrogens with zero attached hydrogens (tertiary/aromatic N) is 1. The van der Waals surface area contributed by atoms with Crippen LogP contribution in [0.15, 0.2) is 24.3 Å². The Labute approximate surface area is 86.7 Å². The Balaban J connectivity index is 2.64. The monoisotopic (exact) mass is 192 g/mol. The quantitative estimate of drug-likeness (QED) is 0.789. The Morgan fingerprint density at radius 3 is 2.21 bits per heavy atom. The summed E-state index contributed by atoms with van der Waals surface area (Å²) in [6, 6.07) is 8.67. The maximum Gasteiger partial charge on any atom is 0.0361 e. The first-order valence-corrected chi connectivity index (χ1v) is 5.10. The molecule has 0 unspecified atom stereocenters. The summed E-state index contributed by atoms with van der Waals surface area (Å²) in [6.07, 6.45) is 1.07. The first-order chi connectivity index (χ1) is 6.63. The van der Waals surface area contributed by atoms with E-state index >= 15 is 0 Å². The molecule has 2 N–H and O–H groups in total. The lowest BCUT2D eigenvalue weighted by Gasteiger charge is -2.13. The van der Waals surface area contributed by atoms with Gasteiger partial charge in [0.25, 0.3) is 0 Å². The molecule has 78 valence electrons. The van der Waals surface area contributed by atoms with Gasteiger partial charge in [0.15, 0.2) is 0 Å². The van der Waals surface area contributed by atoms with E-state index in [-0.39, 0.29) is 0 Å². The maximum atomic E-state index is 5.59. The summed E-state index contributed by atoms with van der Waals surface area (Å²) in [7, 11) is 4.11. The molecule has 0 radical (unpaired) electrons. The van der Waals surface area contributed by atoms with Gasteiger partial charge in [-0.2, -0.15) is 0 Å². The largest absolute Gasteiger partial charge is 0.378 e. The minimum absolute atomic E-state index is 0.570. The predicted octanol–water partition coefficient (Wildman–Crippen LogP) is 1.89. The van der Waals surface area contributed by atoms with Crippen molar-refractivity contribution >= 4 is 5.69 Å². The third-order valence-electron chi connectivity index (χ3n) is 2.44. The van der Waals surface area contributed by atoms with Crippen molar-refractivity contribution < 1.29 is 0 Å². The highest BCUT2D eigenvalue weighted by atomic mass is 15.1. The van der Waals surface area contributed by atoms with Crippen LogP contribution in [0.4, 0.5) is 5.69 Å². The highest BCUT2D eigenvalue weighted by Gasteiger charge is 2.01. The van der Waals surface area contributed by atoms with Crippen LogP contribution in [0.25, 0.3) is 0 Å². The molecule has 0 fully saturated rings. The van der Waals surface area contributed by atoms with Crippen molar-refractivity contribution in [2.24, 2.45) is 11.7 Å². The zero-order chi connectivity index (χ0) is 10.6. The average molecular weight is 192 g/mol. The third kappa shape index (κ3) is 3.04. The normalized spacial score (nSPS) is 12.6. The van der Waals surface area contributed by atoms with Crippen molar-refractivity contribution in [3.05, 3.63) is 29.8 Å². The molecule has 0 aliphatic carbocycles. The van der Waals surface area contributed by atoms with E-state index in [0.29, 0.717) is 5.92 Å². The number of anilines is 1. The first kappa shape index (κ1) is 11.1. The lowest BCUT2D eigenvalue weighted by molar-refractivity contribution is 0.593. The number of hydrogen-bond acceptors (Lipinski definition) is 2. The van der Waals surface area contributed by atoms with Crippen LogP contribution in [-0.4, -0.2) is 20.6 Å². The summed E-state index contributed by atoms with van der Waals surface area (Å²) in [4.78, 5) is 2.11. The molecule has 1 aromatic carbocycles. The van der Waals surface area contributed by atoms with Crippen LogP contribution in [0.2, 0.25) is 0 Å². The first-order valence-electron chi connectivity index (χ1n) is 5.10. The molecule has 1 aromatic rings. The highest BCUT2D eigenvalue weighted by molar-refractivity contribution is 5.46. The molecule has 0 heterocycles. The molecular weight excluding hydrogens is 172 g/mol. The summed E-state index contributed by atoms with van der Waals surface area (Å²) in [6.45, 7) is 2.94. The second-order valence-electron chi connectivity index (χ2n) is 4.11. The summed E-state index contributed by atoms with van der Waals surface area (Å²) >= 11 is 0. The van der Waals surface area contributed by atoms with Crippen molar-refractivity contribution in [2.45, 2.75) is 13.3 Å². The molecule has 2 heteroatoms. The van der Waals surface area contributed by atoms with E-state index in [4.69, 9.17) is 5.73 Å². The molecule has 0 aliphatic rings. The van der Waals surface area contributed by atoms with Gasteiger partial charge in [-0.1, -0.05) is 19.1 Å². The van der Waals surface area contributed by atoms with E-state index in [1.54, 1.807) is 0 Å². The van der Waals surface area contributed by atoms with Gasteiger partial charge in [-0.05, 0) is 36.6 Å². The number of nitrogens with two attached hydrogens (primary N) is 1. The van der Waals surface area contributed by atoms with Gasteiger partial charge >= 0.3 is 0 Å². The van der Waals surface area contributed by atoms with Gasteiger partial charge in [0.05, 0.1) is 0 Å². The van der Waals surface area contributed by atoms with Crippen molar-refractivity contribution in [3.8, 4) is 0 Å². The van der Waals surface area contributed by atoms with Gasteiger partial charge in [-0.3, -0.25) is 0 Å². The van der Waals surface area contributed by atoms with Gasteiger partial charge in [0.1, 0.15) is 0 Å². The molecule has 1 atom stereocenters. The van der Waals surface area contributed by atoms with Crippen LogP contribution >= 0.6 is 0 Å². The minimum Gasteiger partial charge on any atom is -0.378 e. The van der Waals surface area contributed by atoms with Gasteiger partial charge < -0.3 is 10.6 Å². The van der Waals surface area contributed by atoms with Crippen LogP contribution < -0.4 is 10.6 Å². The van der Waals surface area contributed by atoms with Gasteiger partial charge in [-0.15, -0.1) is 0 Å². The van der Waals surface area contributed by atoms with E-state index in [1.165, 1.54) is 11.3 Å². The fraction of sp³-hybridized carbons (Fsp3) is 0.500. The van der Waals surface area contributed by atoms with Crippen molar-refractivity contribution in [3.63, 3.8) is 0 Å². The molecule has 2 nitrogen and oxygen atoms in total. The van der Waals surface area contributed by atoms with Crippen LogP contribution in [0, 0.1) is 5.92 Å². The molecule has 14 heavy (non-hydrogen) atoms. The number of rotatable bonds is 4. The summed E-state index contributed by atoms with van der Waals surface area (Å²) in [5, 5.41) is 0. The maximum absolute atomic E-state index is 5.59. The Morgan fingerprint density at radius 2 is 1.79 bits per heavy atom.